The maximum absolute atomic E-state index is 13.8. The number of benzene rings is 1. The van der Waals surface area contributed by atoms with E-state index >= 15 is 0 Å². The van der Waals surface area contributed by atoms with Crippen molar-refractivity contribution in [3.05, 3.63) is 35.9 Å². The van der Waals surface area contributed by atoms with Crippen LogP contribution in [0.2, 0.25) is 0 Å². The number of carbonyl (C=O) groups excluding carboxylic acids is 1. The fourth-order valence-corrected chi connectivity index (χ4v) is 2.53. The molecular weight excluding hydrogens is 284 g/mol. The zero-order valence-electron chi connectivity index (χ0n) is 11.4. The number of rotatable bonds is 8. The lowest BCUT2D eigenvalue weighted by Crippen LogP contribution is -2.33. The van der Waals surface area contributed by atoms with Gasteiger partial charge in [-0.05, 0) is 19.1 Å². The van der Waals surface area contributed by atoms with Crippen molar-refractivity contribution >= 4 is 17.7 Å². The van der Waals surface area contributed by atoms with E-state index in [1.54, 1.807) is 25.1 Å². The molecule has 0 saturated carbocycles. The van der Waals surface area contributed by atoms with Crippen LogP contribution < -0.4 is 5.73 Å². The van der Waals surface area contributed by atoms with Crippen molar-refractivity contribution in [3.63, 3.8) is 0 Å². The predicted octanol–water partition coefficient (Wildman–Crippen LogP) is 2.79. The molecule has 0 aliphatic heterocycles. The highest BCUT2D eigenvalue weighted by molar-refractivity contribution is 7.99. The Labute approximate surface area is 121 Å². The molecule has 0 saturated heterocycles. The van der Waals surface area contributed by atoms with Gasteiger partial charge < -0.3 is 10.5 Å². The Hall–Kier alpha value is -1.14. The van der Waals surface area contributed by atoms with Crippen molar-refractivity contribution in [2.45, 2.75) is 25.3 Å². The standard InChI is InChI=1S/C14H19F2NO2S/c1-2-19-13(18)12(17)8-9-20-10-14(15,16)11-6-4-3-5-7-11/h3-7,12H,2,8-10,17H2,1H3. The minimum atomic E-state index is -2.88. The summed E-state index contributed by atoms with van der Waals surface area (Å²) < 4.78 is 32.4. The van der Waals surface area contributed by atoms with Gasteiger partial charge in [-0.2, -0.15) is 11.8 Å². The Bertz CT molecular complexity index is 415. The van der Waals surface area contributed by atoms with E-state index in [4.69, 9.17) is 10.5 Å². The third-order valence-corrected chi connectivity index (χ3v) is 3.73. The van der Waals surface area contributed by atoms with Crippen LogP contribution in [0.5, 0.6) is 0 Å². The van der Waals surface area contributed by atoms with E-state index in [0.29, 0.717) is 12.2 Å². The number of hydrogen-bond donors (Lipinski definition) is 1. The molecule has 1 aromatic carbocycles. The Morgan fingerprint density at radius 3 is 2.65 bits per heavy atom. The monoisotopic (exact) mass is 303 g/mol. The van der Waals surface area contributed by atoms with Crippen molar-refractivity contribution in [1.29, 1.82) is 0 Å². The second-order valence-electron chi connectivity index (χ2n) is 4.27. The molecule has 0 bridgehead atoms. The number of halogens is 2. The number of carbonyl (C=O) groups is 1. The van der Waals surface area contributed by atoms with Gasteiger partial charge in [-0.3, -0.25) is 4.79 Å². The Kier molecular flexibility index (Phi) is 6.95. The van der Waals surface area contributed by atoms with Crippen LogP contribution in [0, 0.1) is 0 Å². The van der Waals surface area contributed by atoms with Crippen LogP contribution in [0.3, 0.4) is 0 Å². The van der Waals surface area contributed by atoms with Crippen LogP contribution in [-0.2, 0) is 15.5 Å². The average Bonchev–Trinajstić information content (AvgIpc) is 2.44. The zero-order chi connectivity index (χ0) is 15.0. The first-order chi connectivity index (χ1) is 9.47. The molecule has 0 heterocycles. The van der Waals surface area contributed by atoms with E-state index in [1.165, 1.54) is 12.1 Å². The quantitative estimate of drug-likeness (QED) is 0.593. The maximum atomic E-state index is 13.8. The Balaban J connectivity index is 2.32. The summed E-state index contributed by atoms with van der Waals surface area (Å²) in [5.41, 5.74) is 5.59. The lowest BCUT2D eigenvalue weighted by atomic mass is 10.1. The topological polar surface area (TPSA) is 52.3 Å². The lowest BCUT2D eigenvalue weighted by molar-refractivity contribution is -0.144. The molecular formula is C14H19F2NO2S. The molecule has 1 rings (SSSR count). The third kappa shape index (κ3) is 5.46. The zero-order valence-corrected chi connectivity index (χ0v) is 12.2. The molecule has 0 amide bonds. The summed E-state index contributed by atoms with van der Waals surface area (Å²) in [6, 6.07) is 6.95. The molecule has 0 radical (unpaired) electrons. The highest BCUT2D eigenvalue weighted by Gasteiger charge is 2.31. The predicted molar refractivity (Wildman–Crippen MR) is 76.9 cm³/mol. The first-order valence-corrected chi connectivity index (χ1v) is 7.56. The molecule has 20 heavy (non-hydrogen) atoms. The molecule has 112 valence electrons. The lowest BCUT2D eigenvalue weighted by Gasteiger charge is -2.16. The highest BCUT2D eigenvalue weighted by atomic mass is 32.2. The van der Waals surface area contributed by atoms with E-state index in [0.717, 1.165) is 11.8 Å². The summed E-state index contributed by atoms with van der Waals surface area (Å²) in [4.78, 5) is 11.3. The molecule has 0 spiro atoms. The first kappa shape index (κ1) is 16.9. The summed E-state index contributed by atoms with van der Waals surface area (Å²) >= 11 is 1.08. The van der Waals surface area contributed by atoms with Gasteiger partial charge in [0.1, 0.15) is 6.04 Å². The molecule has 1 aromatic rings. The largest absolute Gasteiger partial charge is 0.465 e. The maximum Gasteiger partial charge on any atom is 0.322 e. The van der Waals surface area contributed by atoms with E-state index in [9.17, 15) is 13.6 Å². The first-order valence-electron chi connectivity index (χ1n) is 6.40. The summed E-state index contributed by atoms with van der Waals surface area (Å²) in [6.07, 6.45) is 0.328. The fourth-order valence-electron chi connectivity index (χ4n) is 1.54. The van der Waals surface area contributed by atoms with Crippen molar-refractivity contribution in [2.75, 3.05) is 18.1 Å². The van der Waals surface area contributed by atoms with E-state index in [1.807, 2.05) is 0 Å². The molecule has 1 atom stereocenters. The molecule has 3 nitrogen and oxygen atoms in total. The number of nitrogens with two attached hydrogens (primary N) is 1. The van der Waals surface area contributed by atoms with Gasteiger partial charge in [0.25, 0.3) is 5.92 Å². The van der Waals surface area contributed by atoms with Gasteiger partial charge in [0.15, 0.2) is 0 Å². The number of thioether (sulfide) groups is 1. The van der Waals surface area contributed by atoms with Crippen LogP contribution in [0.1, 0.15) is 18.9 Å². The molecule has 0 fully saturated rings. The minimum absolute atomic E-state index is 0.00203. The van der Waals surface area contributed by atoms with Gasteiger partial charge in [-0.1, -0.05) is 30.3 Å². The molecule has 2 N–H and O–H groups in total. The van der Waals surface area contributed by atoms with Gasteiger partial charge in [-0.25, -0.2) is 8.78 Å². The summed E-state index contributed by atoms with van der Waals surface area (Å²) in [6.45, 7) is 1.96. The summed E-state index contributed by atoms with van der Waals surface area (Å²) in [5, 5.41) is 0. The van der Waals surface area contributed by atoms with Crippen LogP contribution in [0.25, 0.3) is 0 Å². The number of hydrogen-bond acceptors (Lipinski definition) is 4. The van der Waals surface area contributed by atoms with Crippen LogP contribution in [-0.4, -0.2) is 30.1 Å². The van der Waals surface area contributed by atoms with Gasteiger partial charge in [0.05, 0.1) is 12.4 Å². The van der Waals surface area contributed by atoms with Crippen molar-refractivity contribution < 1.29 is 18.3 Å². The second-order valence-corrected chi connectivity index (χ2v) is 5.38. The van der Waals surface area contributed by atoms with Crippen molar-refractivity contribution in [3.8, 4) is 0 Å². The van der Waals surface area contributed by atoms with Crippen LogP contribution >= 0.6 is 11.8 Å². The number of ether oxygens (including phenoxy) is 1. The van der Waals surface area contributed by atoms with Gasteiger partial charge >= 0.3 is 5.97 Å². The molecule has 6 heteroatoms. The fraction of sp³-hybridized carbons (Fsp3) is 0.500. The smallest absolute Gasteiger partial charge is 0.322 e. The van der Waals surface area contributed by atoms with Crippen molar-refractivity contribution in [1.82, 2.24) is 0 Å². The third-order valence-electron chi connectivity index (χ3n) is 2.64. The highest BCUT2D eigenvalue weighted by Crippen LogP contribution is 2.31. The van der Waals surface area contributed by atoms with Gasteiger partial charge in [-0.15, -0.1) is 0 Å². The molecule has 0 aliphatic rings. The number of esters is 1. The summed E-state index contributed by atoms with van der Waals surface area (Å²) in [5.74, 6) is -3.29. The minimum Gasteiger partial charge on any atom is -0.465 e. The van der Waals surface area contributed by atoms with E-state index in [-0.39, 0.29) is 17.9 Å². The van der Waals surface area contributed by atoms with Crippen LogP contribution in [0.4, 0.5) is 8.78 Å². The van der Waals surface area contributed by atoms with Gasteiger partial charge in [0, 0.05) is 5.56 Å². The molecule has 0 aliphatic carbocycles. The SMILES string of the molecule is CCOC(=O)C(N)CCSCC(F)(F)c1ccccc1. The van der Waals surface area contributed by atoms with E-state index < -0.39 is 17.9 Å². The summed E-state index contributed by atoms with van der Waals surface area (Å²) in [7, 11) is 0. The van der Waals surface area contributed by atoms with E-state index in [2.05, 4.69) is 0 Å². The molecule has 1 unspecified atom stereocenters. The normalized spacial score (nSPS) is 13.0. The second kappa shape index (κ2) is 8.21. The molecule has 0 aromatic heterocycles. The van der Waals surface area contributed by atoms with Crippen molar-refractivity contribution in [2.24, 2.45) is 5.73 Å². The van der Waals surface area contributed by atoms with Gasteiger partial charge in [0.2, 0.25) is 0 Å². The Morgan fingerprint density at radius 2 is 2.05 bits per heavy atom. The number of alkyl halides is 2. The Morgan fingerprint density at radius 1 is 1.40 bits per heavy atom. The van der Waals surface area contributed by atoms with Crippen LogP contribution in [0.15, 0.2) is 30.3 Å². The average molecular weight is 303 g/mol.